The van der Waals surface area contributed by atoms with Crippen LogP contribution in [0.5, 0.6) is 17.2 Å². The van der Waals surface area contributed by atoms with Crippen LogP contribution in [0.15, 0.2) is 72.8 Å². The molecule has 2 unspecified atom stereocenters. The summed E-state index contributed by atoms with van der Waals surface area (Å²) >= 11 is 0. The van der Waals surface area contributed by atoms with Crippen LogP contribution in [0.3, 0.4) is 0 Å². The maximum absolute atomic E-state index is 12.8. The van der Waals surface area contributed by atoms with E-state index < -0.39 is 17.6 Å². The fraction of sp³-hybridized carbons (Fsp3) is 0.269. The molecular formula is C26H27NO5. The van der Waals surface area contributed by atoms with Crippen molar-refractivity contribution in [2.75, 3.05) is 27.8 Å². The van der Waals surface area contributed by atoms with E-state index in [1.807, 2.05) is 55.6 Å². The van der Waals surface area contributed by atoms with Gasteiger partial charge in [-0.15, -0.1) is 0 Å². The molecule has 4 rings (SSSR count). The smallest absolute Gasteiger partial charge is 0.347 e. The summed E-state index contributed by atoms with van der Waals surface area (Å²) in [4.78, 5) is 14.9. The number of carbonyl (C=O) groups is 1. The van der Waals surface area contributed by atoms with Crippen molar-refractivity contribution in [2.45, 2.75) is 18.1 Å². The summed E-state index contributed by atoms with van der Waals surface area (Å²) in [6.07, 6.45) is -0.395. The second-order valence-electron chi connectivity index (χ2n) is 7.85. The zero-order valence-electron chi connectivity index (χ0n) is 18.4. The second-order valence-corrected chi connectivity index (χ2v) is 7.85. The molecule has 2 atom stereocenters. The quantitative estimate of drug-likeness (QED) is 0.608. The number of aliphatic carboxylic acids is 1. The van der Waals surface area contributed by atoms with Gasteiger partial charge < -0.3 is 19.3 Å². The predicted octanol–water partition coefficient (Wildman–Crippen LogP) is 3.97. The summed E-state index contributed by atoms with van der Waals surface area (Å²) in [6.45, 7) is 0.695. The second kappa shape index (κ2) is 8.93. The molecule has 0 spiro atoms. The highest BCUT2D eigenvalue weighted by Gasteiger charge is 2.53. The average molecular weight is 434 g/mol. The third-order valence-corrected chi connectivity index (χ3v) is 6.14. The molecular weight excluding hydrogens is 406 g/mol. The number of hydrogen-bond acceptors (Lipinski definition) is 5. The molecule has 3 aromatic carbocycles. The molecule has 1 heterocycles. The van der Waals surface area contributed by atoms with Gasteiger partial charge in [0.05, 0.1) is 14.2 Å². The minimum atomic E-state index is -1.23. The van der Waals surface area contributed by atoms with Crippen LogP contribution in [0.1, 0.15) is 16.7 Å². The molecule has 6 heteroatoms. The fourth-order valence-electron chi connectivity index (χ4n) is 4.64. The fourth-order valence-corrected chi connectivity index (χ4v) is 4.64. The lowest BCUT2D eigenvalue weighted by atomic mass is 9.72. The van der Waals surface area contributed by atoms with Gasteiger partial charge in [0.1, 0.15) is 22.8 Å². The molecule has 0 radical (unpaired) electrons. The van der Waals surface area contributed by atoms with Crippen molar-refractivity contribution >= 4 is 5.97 Å². The largest absolute Gasteiger partial charge is 0.496 e. The first-order valence-corrected chi connectivity index (χ1v) is 10.5. The Kier molecular flexibility index (Phi) is 6.06. The van der Waals surface area contributed by atoms with Crippen molar-refractivity contribution in [2.24, 2.45) is 0 Å². The Balaban J connectivity index is 1.94. The number of fused-ring (bicyclic) bond motifs is 1. The SMILES string of the molecule is COc1cc(OC)cc(OC(C(=O)O)C2(c3ccccc3)c3ccccc3CCN2C)c1. The van der Waals surface area contributed by atoms with Gasteiger partial charge >= 0.3 is 5.97 Å². The van der Waals surface area contributed by atoms with Crippen LogP contribution in [-0.4, -0.2) is 49.9 Å². The van der Waals surface area contributed by atoms with E-state index in [0.717, 1.165) is 23.1 Å². The molecule has 166 valence electrons. The van der Waals surface area contributed by atoms with Crippen LogP contribution in [0.4, 0.5) is 0 Å². The molecule has 0 bridgehead atoms. The molecule has 0 aliphatic carbocycles. The van der Waals surface area contributed by atoms with E-state index in [4.69, 9.17) is 14.2 Å². The zero-order valence-corrected chi connectivity index (χ0v) is 18.4. The highest BCUT2D eigenvalue weighted by atomic mass is 16.5. The predicted molar refractivity (Wildman–Crippen MR) is 122 cm³/mol. The van der Waals surface area contributed by atoms with Crippen LogP contribution < -0.4 is 14.2 Å². The Bertz CT molecular complexity index is 1080. The number of carboxylic acid groups (broad SMARTS) is 1. The molecule has 1 aliphatic heterocycles. The van der Waals surface area contributed by atoms with Crippen LogP contribution in [0, 0.1) is 0 Å². The van der Waals surface area contributed by atoms with E-state index in [0.29, 0.717) is 23.8 Å². The topological polar surface area (TPSA) is 68.2 Å². The Labute approximate surface area is 188 Å². The van der Waals surface area contributed by atoms with Crippen LogP contribution in [0.25, 0.3) is 0 Å². The molecule has 6 nitrogen and oxygen atoms in total. The maximum atomic E-state index is 12.8. The van der Waals surface area contributed by atoms with Gasteiger partial charge in [-0.1, -0.05) is 54.6 Å². The molecule has 3 aromatic rings. The van der Waals surface area contributed by atoms with Gasteiger partial charge in [-0.05, 0) is 30.2 Å². The third-order valence-electron chi connectivity index (χ3n) is 6.14. The number of likely N-dealkylation sites (N-methyl/N-ethyl adjacent to an activating group) is 1. The molecule has 0 aromatic heterocycles. The van der Waals surface area contributed by atoms with Crippen molar-refractivity contribution in [1.82, 2.24) is 4.90 Å². The number of benzene rings is 3. The molecule has 32 heavy (non-hydrogen) atoms. The van der Waals surface area contributed by atoms with E-state index >= 15 is 0 Å². The van der Waals surface area contributed by atoms with Gasteiger partial charge in [-0.3, -0.25) is 4.90 Å². The normalized spacial score (nSPS) is 19.0. The number of nitrogens with zero attached hydrogens (tertiary/aromatic N) is 1. The Morgan fingerprint density at radius 3 is 2.16 bits per heavy atom. The van der Waals surface area contributed by atoms with E-state index in [1.54, 1.807) is 32.4 Å². The van der Waals surface area contributed by atoms with E-state index in [1.165, 1.54) is 0 Å². The highest BCUT2D eigenvalue weighted by Crippen LogP contribution is 2.45. The van der Waals surface area contributed by atoms with Crippen molar-refractivity contribution in [3.05, 3.63) is 89.5 Å². The number of hydrogen-bond donors (Lipinski definition) is 1. The summed E-state index contributed by atoms with van der Waals surface area (Å²) in [7, 11) is 5.04. The summed E-state index contributed by atoms with van der Waals surface area (Å²) in [5, 5.41) is 10.5. The molecule has 0 saturated heterocycles. The lowest BCUT2D eigenvalue weighted by Gasteiger charge is -2.49. The van der Waals surface area contributed by atoms with Gasteiger partial charge in [0, 0.05) is 24.7 Å². The Hall–Kier alpha value is -3.51. The van der Waals surface area contributed by atoms with Crippen molar-refractivity contribution < 1.29 is 24.1 Å². The first-order chi connectivity index (χ1) is 15.5. The summed E-state index contributed by atoms with van der Waals surface area (Å²) in [5.74, 6) is 0.351. The monoisotopic (exact) mass is 433 g/mol. The number of methoxy groups -OCH3 is 2. The number of carboxylic acids is 1. The lowest BCUT2D eigenvalue weighted by molar-refractivity contribution is -0.152. The molecule has 1 aliphatic rings. The van der Waals surface area contributed by atoms with Crippen LogP contribution in [0.2, 0.25) is 0 Å². The van der Waals surface area contributed by atoms with Gasteiger partial charge in [-0.2, -0.15) is 0 Å². The van der Waals surface area contributed by atoms with Crippen molar-refractivity contribution in [3.63, 3.8) is 0 Å². The van der Waals surface area contributed by atoms with E-state index in [9.17, 15) is 9.90 Å². The Morgan fingerprint density at radius 1 is 0.938 bits per heavy atom. The van der Waals surface area contributed by atoms with Crippen molar-refractivity contribution in [3.8, 4) is 17.2 Å². The molecule has 0 saturated carbocycles. The first-order valence-electron chi connectivity index (χ1n) is 10.5. The lowest BCUT2D eigenvalue weighted by Crippen LogP contribution is -2.61. The zero-order chi connectivity index (χ0) is 22.7. The summed E-state index contributed by atoms with van der Waals surface area (Å²) in [6, 6.07) is 22.8. The van der Waals surface area contributed by atoms with Gasteiger partial charge in [-0.25, -0.2) is 4.79 Å². The third kappa shape index (κ3) is 3.67. The maximum Gasteiger partial charge on any atom is 0.347 e. The first kappa shape index (κ1) is 21.7. The minimum absolute atomic E-state index is 0.361. The van der Waals surface area contributed by atoms with Crippen molar-refractivity contribution in [1.29, 1.82) is 0 Å². The van der Waals surface area contributed by atoms with Crippen LogP contribution >= 0.6 is 0 Å². The van der Waals surface area contributed by atoms with E-state index in [2.05, 4.69) is 11.0 Å². The highest BCUT2D eigenvalue weighted by molar-refractivity contribution is 5.77. The number of ether oxygens (including phenoxy) is 3. The standard InChI is InChI=1S/C26H27NO5/c1-27-14-13-18-9-7-8-12-23(18)26(27,19-10-5-4-6-11-19)24(25(28)29)32-22-16-20(30-2)15-21(17-22)31-3/h4-12,15-17,24H,13-14H2,1-3H3,(H,28,29). The van der Waals surface area contributed by atoms with Gasteiger partial charge in [0.25, 0.3) is 0 Å². The summed E-state index contributed by atoms with van der Waals surface area (Å²) in [5.41, 5.74) is 1.88. The molecule has 1 N–H and O–H groups in total. The molecule has 0 amide bonds. The minimum Gasteiger partial charge on any atom is -0.496 e. The summed E-state index contributed by atoms with van der Waals surface area (Å²) < 4.78 is 17.0. The Morgan fingerprint density at radius 2 is 1.53 bits per heavy atom. The number of rotatable bonds is 7. The van der Waals surface area contributed by atoms with Crippen LogP contribution in [-0.2, 0) is 16.8 Å². The van der Waals surface area contributed by atoms with Gasteiger partial charge in [0.15, 0.2) is 0 Å². The van der Waals surface area contributed by atoms with Gasteiger partial charge in [0.2, 0.25) is 6.10 Å². The van der Waals surface area contributed by atoms with E-state index in [-0.39, 0.29) is 0 Å². The average Bonchev–Trinajstić information content (AvgIpc) is 2.83. The molecule has 0 fully saturated rings.